The fourth-order valence-corrected chi connectivity index (χ4v) is 4.33. The van der Waals surface area contributed by atoms with Gasteiger partial charge in [0.25, 0.3) is 0 Å². The average molecular weight is 306 g/mol. The highest BCUT2D eigenvalue weighted by atomic mass is 32.2. The van der Waals surface area contributed by atoms with Gasteiger partial charge in [0.1, 0.15) is 0 Å². The number of aromatic nitrogens is 2. The number of rotatable bonds is 5. The van der Waals surface area contributed by atoms with E-state index in [4.69, 9.17) is 4.74 Å². The first-order chi connectivity index (χ1) is 10.1. The third-order valence-electron chi connectivity index (χ3n) is 3.61. The number of hydrogen-bond acceptors (Lipinski definition) is 4. The summed E-state index contributed by atoms with van der Waals surface area (Å²) in [5, 5.41) is 4.26. The highest BCUT2D eigenvalue weighted by Gasteiger charge is 2.28. The van der Waals surface area contributed by atoms with E-state index in [0.717, 1.165) is 0 Å². The number of hydrogen-bond donors (Lipinski definition) is 0. The van der Waals surface area contributed by atoms with Gasteiger partial charge in [0, 0.05) is 5.92 Å². The molecule has 1 aliphatic rings. The molecule has 1 unspecified atom stereocenters. The van der Waals surface area contributed by atoms with Crippen LogP contribution < -0.4 is 4.74 Å². The van der Waals surface area contributed by atoms with Gasteiger partial charge in [0.05, 0.1) is 37.1 Å². The van der Waals surface area contributed by atoms with Crippen LogP contribution in [0.25, 0.3) is 0 Å². The van der Waals surface area contributed by atoms with Crippen molar-refractivity contribution in [3.05, 3.63) is 48.3 Å². The van der Waals surface area contributed by atoms with Crippen molar-refractivity contribution in [2.24, 2.45) is 5.92 Å². The van der Waals surface area contributed by atoms with Crippen molar-refractivity contribution in [2.75, 3.05) is 18.1 Å². The molecule has 0 radical (unpaired) electrons. The van der Waals surface area contributed by atoms with E-state index in [1.54, 1.807) is 6.20 Å². The third-order valence-corrected chi connectivity index (χ3v) is 5.45. The maximum Gasteiger partial charge on any atom is 0.157 e. The summed E-state index contributed by atoms with van der Waals surface area (Å²) in [5.41, 5.74) is 1.18. The molecule has 6 heteroatoms. The number of ether oxygens (including phenoxy) is 1. The van der Waals surface area contributed by atoms with Crippen molar-refractivity contribution in [1.29, 1.82) is 0 Å². The smallest absolute Gasteiger partial charge is 0.157 e. The summed E-state index contributed by atoms with van der Waals surface area (Å²) in [7, 11) is -2.84. The molecule has 112 valence electrons. The lowest BCUT2D eigenvalue weighted by Crippen LogP contribution is -2.13. The Morgan fingerprint density at radius 1 is 1.29 bits per heavy atom. The minimum Gasteiger partial charge on any atom is -0.490 e. The molecule has 1 saturated heterocycles. The summed E-state index contributed by atoms with van der Waals surface area (Å²) in [4.78, 5) is 0. The van der Waals surface area contributed by atoms with Gasteiger partial charge in [-0.25, -0.2) is 8.42 Å². The Labute approximate surface area is 124 Å². The zero-order valence-electron chi connectivity index (χ0n) is 11.7. The summed E-state index contributed by atoms with van der Waals surface area (Å²) in [6.45, 7) is 1.14. The standard InChI is InChI=1S/C15H18N2O3S/c18-21(19)7-6-14(12-21)11-20-15-8-16-17(10-15)9-13-4-2-1-3-5-13/h1-5,8,10,14H,6-7,9,11-12H2. The van der Waals surface area contributed by atoms with Crippen molar-refractivity contribution < 1.29 is 13.2 Å². The van der Waals surface area contributed by atoms with Crippen molar-refractivity contribution in [1.82, 2.24) is 9.78 Å². The van der Waals surface area contributed by atoms with Gasteiger partial charge in [-0.05, 0) is 12.0 Å². The average Bonchev–Trinajstić information content (AvgIpc) is 3.04. The lowest BCUT2D eigenvalue weighted by atomic mass is 10.1. The highest BCUT2D eigenvalue weighted by molar-refractivity contribution is 7.91. The van der Waals surface area contributed by atoms with Crippen LogP contribution in [-0.4, -0.2) is 36.3 Å². The Bertz CT molecular complexity index is 695. The fraction of sp³-hybridized carbons (Fsp3) is 0.400. The number of sulfone groups is 1. The second-order valence-electron chi connectivity index (χ2n) is 5.44. The van der Waals surface area contributed by atoms with Crippen LogP contribution in [-0.2, 0) is 16.4 Å². The van der Waals surface area contributed by atoms with Crippen molar-refractivity contribution in [3.63, 3.8) is 0 Å². The lowest BCUT2D eigenvalue weighted by molar-refractivity contribution is 0.263. The molecule has 2 aromatic rings. The molecule has 0 saturated carbocycles. The number of nitrogens with zero attached hydrogens (tertiary/aromatic N) is 2. The first-order valence-electron chi connectivity index (χ1n) is 7.00. The first kappa shape index (κ1) is 14.1. The summed E-state index contributed by atoms with van der Waals surface area (Å²) < 4.78 is 30.2. The van der Waals surface area contributed by atoms with Crippen molar-refractivity contribution in [3.8, 4) is 5.75 Å². The van der Waals surface area contributed by atoms with E-state index in [2.05, 4.69) is 5.10 Å². The zero-order valence-corrected chi connectivity index (χ0v) is 12.5. The molecule has 21 heavy (non-hydrogen) atoms. The van der Waals surface area contributed by atoms with Crippen molar-refractivity contribution in [2.45, 2.75) is 13.0 Å². The third kappa shape index (κ3) is 3.85. The maximum absolute atomic E-state index is 11.4. The molecule has 1 aromatic carbocycles. The van der Waals surface area contributed by atoms with Gasteiger partial charge in [0.2, 0.25) is 0 Å². The molecule has 1 atom stereocenters. The van der Waals surface area contributed by atoms with Gasteiger partial charge >= 0.3 is 0 Å². The van der Waals surface area contributed by atoms with E-state index in [-0.39, 0.29) is 17.4 Å². The summed E-state index contributed by atoms with van der Waals surface area (Å²) >= 11 is 0. The zero-order chi connectivity index (χ0) is 14.7. The predicted molar refractivity (Wildman–Crippen MR) is 80.0 cm³/mol. The molecule has 2 heterocycles. The second kappa shape index (κ2) is 5.89. The van der Waals surface area contributed by atoms with Crippen LogP contribution in [0.4, 0.5) is 0 Å². The van der Waals surface area contributed by atoms with E-state index in [9.17, 15) is 8.42 Å². The first-order valence-corrected chi connectivity index (χ1v) is 8.82. The topological polar surface area (TPSA) is 61.2 Å². The fourth-order valence-electron chi connectivity index (χ4n) is 2.49. The van der Waals surface area contributed by atoms with Crippen LogP contribution in [0.2, 0.25) is 0 Å². The Kier molecular flexibility index (Phi) is 3.96. The monoisotopic (exact) mass is 306 g/mol. The van der Waals surface area contributed by atoms with Gasteiger partial charge in [0.15, 0.2) is 15.6 Å². The van der Waals surface area contributed by atoms with Gasteiger partial charge in [-0.3, -0.25) is 4.68 Å². The molecule has 1 aliphatic heterocycles. The minimum absolute atomic E-state index is 0.104. The van der Waals surface area contributed by atoms with E-state index in [0.29, 0.717) is 25.3 Å². The quantitative estimate of drug-likeness (QED) is 0.844. The highest BCUT2D eigenvalue weighted by Crippen LogP contribution is 2.20. The van der Waals surface area contributed by atoms with Crippen LogP contribution in [0.5, 0.6) is 5.75 Å². The summed E-state index contributed by atoms with van der Waals surface area (Å²) in [6.07, 6.45) is 4.21. The van der Waals surface area contributed by atoms with Gasteiger partial charge in [-0.1, -0.05) is 30.3 Å². The Hall–Kier alpha value is -1.82. The van der Waals surface area contributed by atoms with Crippen LogP contribution in [0, 0.1) is 5.92 Å². The van der Waals surface area contributed by atoms with Gasteiger partial charge < -0.3 is 4.74 Å². The van der Waals surface area contributed by atoms with Crippen LogP contribution in [0.1, 0.15) is 12.0 Å². The van der Waals surface area contributed by atoms with Gasteiger partial charge in [-0.15, -0.1) is 0 Å². The molecule has 0 N–H and O–H groups in total. The van der Waals surface area contributed by atoms with Gasteiger partial charge in [-0.2, -0.15) is 5.10 Å². The van der Waals surface area contributed by atoms with Crippen LogP contribution >= 0.6 is 0 Å². The SMILES string of the molecule is O=S1(=O)CCC(COc2cnn(Cc3ccccc3)c2)C1. The molecule has 5 nitrogen and oxygen atoms in total. The molecular formula is C15H18N2O3S. The van der Waals surface area contributed by atoms with E-state index in [1.165, 1.54) is 5.56 Å². The molecule has 1 aromatic heterocycles. The summed E-state index contributed by atoms with van der Waals surface area (Å²) in [5.74, 6) is 1.32. The molecule has 3 rings (SSSR count). The maximum atomic E-state index is 11.4. The van der Waals surface area contributed by atoms with E-state index < -0.39 is 9.84 Å². The molecule has 0 spiro atoms. The molecule has 1 fully saturated rings. The van der Waals surface area contributed by atoms with E-state index in [1.807, 2.05) is 41.2 Å². The normalized spacial score (nSPS) is 20.5. The molecular weight excluding hydrogens is 288 g/mol. The summed E-state index contributed by atoms with van der Waals surface area (Å²) in [6, 6.07) is 10.1. The minimum atomic E-state index is -2.84. The molecule has 0 amide bonds. The molecule has 0 bridgehead atoms. The Morgan fingerprint density at radius 2 is 2.10 bits per heavy atom. The van der Waals surface area contributed by atoms with E-state index >= 15 is 0 Å². The number of benzene rings is 1. The van der Waals surface area contributed by atoms with Crippen LogP contribution in [0.3, 0.4) is 0 Å². The predicted octanol–water partition coefficient (Wildman–Crippen LogP) is 1.74. The Morgan fingerprint density at radius 3 is 2.81 bits per heavy atom. The van der Waals surface area contributed by atoms with Crippen LogP contribution in [0.15, 0.2) is 42.7 Å². The lowest BCUT2D eigenvalue weighted by Gasteiger charge is -2.08. The van der Waals surface area contributed by atoms with Crippen molar-refractivity contribution >= 4 is 9.84 Å². The largest absolute Gasteiger partial charge is 0.490 e. The molecule has 0 aliphatic carbocycles. The second-order valence-corrected chi connectivity index (χ2v) is 7.67. The Balaban J connectivity index is 1.54.